The Balaban J connectivity index is 1.05. The molecule has 54 heavy (non-hydrogen) atoms. The first-order chi connectivity index (χ1) is 26.1. The third-order valence-electron chi connectivity index (χ3n) is 10.5. The van der Waals surface area contributed by atoms with Crippen LogP contribution >= 0.6 is 0 Å². The zero-order valence-electron chi connectivity index (χ0n) is 32.9. The molecule has 2 unspecified atom stereocenters. The minimum atomic E-state index is 0.319. The molecule has 0 aliphatic rings. The van der Waals surface area contributed by atoms with Gasteiger partial charge >= 0.3 is 0 Å². The second-order valence-electron chi connectivity index (χ2n) is 15.4. The Morgan fingerprint density at radius 2 is 0.778 bits per heavy atom. The largest absolute Gasteiger partial charge is 0.493 e. The van der Waals surface area contributed by atoms with Crippen molar-refractivity contribution in [2.45, 2.75) is 80.1 Å². The molecule has 0 radical (unpaired) electrons. The van der Waals surface area contributed by atoms with Crippen LogP contribution in [-0.4, -0.2) is 23.2 Å². The van der Waals surface area contributed by atoms with Gasteiger partial charge in [-0.05, 0) is 93.5 Å². The highest BCUT2D eigenvalue weighted by Crippen LogP contribution is 2.37. The predicted octanol–water partition coefficient (Wildman–Crippen LogP) is 13.7. The normalized spacial score (nSPS) is 12.9. The highest BCUT2D eigenvalue weighted by molar-refractivity contribution is 5.81. The van der Waals surface area contributed by atoms with Gasteiger partial charge in [-0.1, -0.05) is 117 Å². The number of rotatable bonds is 14. The number of aromatic nitrogens is 2. The molecule has 0 spiro atoms. The van der Waals surface area contributed by atoms with Crippen molar-refractivity contribution < 1.29 is 18.3 Å². The Labute approximate surface area is 319 Å². The first kappa shape index (κ1) is 37.0. The lowest BCUT2D eigenvalue weighted by atomic mass is 9.99. The third kappa shape index (κ3) is 7.94. The van der Waals surface area contributed by atoms with Crippen molar-refractivity contribution in [3.63, 3.8) is 0 Å². The molecule has 0 saturated heterocycles. The molecule has 0 saturated carbocycles. The summed E-state index contributed by atoms with van der Waals surface area (Å²) in [5.41, 5.74) is 11.9. The number of ether oxygens (including phenoxy) is 2. The minimum absolute atomic E-state index is 0.319. The quantitative estimate of drug-likeness (QED) is 0.111. The van der Waals surface area contributed by atoms with Gasteiger partial charge in [-0.25, -0.2) is 9.97 Å². The summed E-state index contributed by atoms with van der Waals surface area (Å²) >= 11 is 0. The highest BCUT2D eigenvalue weighted by Gasteiger charge is 2.18. The fourth-order valence-electron chi connectivity index (χ4n) is 6.51. The molecule has 2 aromatic heterocycles. The molecule has 2 atom stereocenters. The summed E-state index contributed by atoms with van der Waals surface area (Å²) in [6.07, 6.45) is 2.17. The van der Waals surface area contributed by atoms with Gasteiger partial charge in [0, 0.05) is 23.3 Å². The van der Waals surface area contributed by atoms with E-state index in [1.165, 1.54) is 0 Å². The van der Waals surface area contributed by atoms with E-state index in [0.29, 0.717) is 48.7 Å². The Bertz CT molecular complexity index is 2160. The number of nitrogens with zero attached hydrogens (tertiary/aromatic N) is 2. The average molecular weight is 721 g/mol. The Hall–Kier alpha value is -5.36. The molecule has 278 valence electrons. The molecule has 6 heteroatoms. The van der Waals surface area contributed by atoms with E-state index in [9.17, 15) is 0 Å². The molecular weight excluding hydrogens is 669 g/mol. The van der Waals surface area contributed by atoms with Crippen LogP contribution in [0.15, 0.2) is 106 Å². The van der Waals surface area contributed by atoms with Crippen LogP contribution in [-0.2, 0) is 0 Å². The van der Waals surface area contributed by atoms with E-state index >= 15 is 0 Å². The number of benzene rings is 5. The van der Waals surface area contributed by atoms with Crippen molar-refractivity contribution in [2.75, 3.05) is 13.2 Å². The van der Waals surface area contributed by atoms with Crippen LogP contribution in [0.25, 0.3) is 67.4 Å². The van der Waals surface area contributed by atoms with Crippen LogP contribution in [0.2, 0.25) is 0 Å². The van der Waals surface area contributed by atoms with Gasteiger partial charge in [0.05, 0.1) is 13.2 Å². The predicted molar refractivity (Wildman–Crippen MR) is 221 cm³/mol. The highest BCUT2D eigenvalue weighted by atomic mass is 16.5. The van der Waals surface area contributed by atoms with Crippen molar-refractivity contribution in [1.82, 2.24) is 9.97 Å². The molecule has 0 fully saturated rings. The lowest BCUT2D eigenvalue weighted by Crippen LogP contribution is -2.09. The summed E-state index contributed by atoms with van der Waals surface area (Å²) in [6.45, 7) is 18.9. The van der Waals surface area contributed by atoms with E-state index in [1.54, 1.807) is 0 Å². The average Bonchev–Trinajstić information content (AvgIpc) is 3.82. The van der Waals surface area contributed by atoms with E-state index in [1.807, 2.05) is 12.1 Å². The third-order valence-corrected chi connectivity index (χ3v) is 10.5. The molecule has 6 nitrogen and oxygen atoms in total. The SMILES string of the molecule is CCC(C)COc1cc2oc(-c3ccc(-c4ccc(-c5ccc(-c6nc7cc(C(C)C)c(OCC(C)CC)cc7o6)cc5)cc4)cc3)nc2cc1C(C)C. The Morgan fingerprint density at radius 3 is 1.07 bits per heavy atom. The van der Waals surface area contributed by atoms with Crippen molar-refractivity contribution in [3.05, 3.63) is 108 Å². The second kappa shape index (κ2) is 15.9. The van der Waals surface area contributed by atoms with Gasteiger partial charge in [-0.2, -0.15) is 0 Å². The molecule has 2 heterocycles. The Morgan fingerprint density at radius 1 is 0.463 bits per heavy atom. The molecular formula is C48H52N2O4. The molecule has 0 aliphatic carbocycles. The summed E-state index contributed by atoms with van der Waals surface area (Å²) in [5.74, 6) is 4.61. The summed E-state index contributed by atoms with van der Waals surface area (Å²) in [6, 6.07) is 33.7. The monoisotopic (exact) mass is 720 g/mol. The van der Waals surface area contributed by atoms with Crippen LogP contribution < -0.4 is 9.47 Å². The zero-order chi connectivity index (χ0) is 37.9. The van der Waals surface area contributed by atoms with Crippen molar-refractivity contribution in [1.29, 1.82) is 0 Å². The van der Waals surface area contributed by atoms with E-state index in [-0.39, 0.29) is 0 Å². The van der Waals surface area contributed by atoms with E-state index < -0.39 is 0 Å². The molecule has 5 aromatic carbocycles. The van der Waals surface area contributed by atoms with E-state index in [2.05, 4.69) is 140 Å². The van der Waals surface area contributed by atoms with Crippen LogP contribution in [0.4, 0.5) is 0 Å². The van der Waals surface area contributed by atoms with Crippen LogP contribution in [0, 0.1) is 11.8 Å². The maximum absolute atomic E-state index is 6.26. The first-order valence-electron chi connectivity index (χ1n) is 19.6. The lowest BCUT2D eigenvalue weighted by molar-refractivity contribution is 0.253. The topological polar surface area (TPSA) is 70.5 Å². The van der Waals surface area contributed by atoms with Gasteiger partial charge in [-0.15, -0.1) is 0 Å². The second-order valence-corrected chi connectivity index (χ2v) is 15.4. The maximum Gasteiger partial charge on any atom is 0.227 e. The number of oxazole rings is 2. The Kier molecular flexibility index (Phi) is 10.9. The molecule has 7 aromatic rings. The fraction of sp³-hybridized carbons (Fsp3) is 0.333. The van der Waals surface area contributed by atoms with Crippen LogP contribution in [0.3, 0.4) is 0 Å². The smallest absolute Gasteiger partial charge is 0.227 e. The van der Waals surface area contributed by atoms with Gasteiger partial charge in [0.25, 0.3) is 0 Å². The van der Waals surface area contributed by atoms with Gasteiger partial charge in [0.15, 0.2) is 11.2 Å². The standard InChI is InChI=1S/C48H52N2O4/c1-9-31(7)27-51-43-25-45-41(23-39(43)29(3)4)49-47(53-45)37-19-15-35(16-20-37)33-11-13-34(14-12-33)36-17-21-38(22-18-36)48-50-42-24-40(30(5)6)44(26-46(42)54-48)52-28-32(8)10-2/h11-26,29-32H,9-10,27-28H2,1-8H3. The lowest BCUT2D eigenvalue weighted by Gasteiger charge is -2.16. The van der Waals surface area contributed by atoms with Crippen molar-refractivity contribution in [2.24, 2.45) is 11.8 Å². The fourth-order valence-corrected chi connectivity index (χ4v) is 6.51. The van der Waals surface area contributed by atoms with Crippen molar-refractivity contribution >= 4 is 22.2 Å². The number of hydrogen-bond donors (Lipinski definition) is 0. The van der Waals surface area contributed by atoms with Crippen LogP contribution in [0.1, 0.15) is 91.2 Å². The van der Waals surface area contributed by atoms with Gasteiger partial charge in [0.2, 0.25) is 11.8 Å². The van der Waals surface area contributed by atoms with E-state index in [4.69, 9.17) is 28.3 Å². The van der Waals surface area contributed by atoms with Gasteiger partial charge in [-0.3, -0.25) is 0 Å². The van der Waals surface area contributed by atoms with Gasteiger partial charge in [0.1, 0.15) is 22.5 Å². The zero-order valence-corrected chi connectivity index (χ0v) is 32.9. The summed E-state index contributed by atoms with van der Waals surface area (Å²) in [4.78, 5) is 9.71. The van der Waals surface area contributed by atoms with E-state index in [0.717, 1.165) is 91.0 Å². The molecule has 0 bridgehead atoms. The summed E-state index contributed by atoms with van der Waals surface area (Å²) < 4.78 is 25.0. The first-order valence-corrected chi connectivity index (χ1v) is 19.6. The van der Waals surface area contributed by atoms with Gasteiger partial charge < -0.3 is 18.3 Å². The van der Waals surface area contributed by atoms with Crippen LogP contribution in [0.5, 0.6) is 11.5 Å². The summed E-state index contributed by atoms with van der Waals surface area (Å²) in [7, 11) is 0. The molecule has 0 amide bonds. The van der Waals surface area contributed by atoms with Crippen molar-refractivity contribution in [3.8, 4) is 56.7 Å². The summed E-state index contributed by atoms with van der Waals surface area (Å²) in [5, 5.41) is 0. The maximum atomic E-state index is 6.26. The molecule has 0 aliphatic heterocycles. The minimum Gasteiger partial charge on any atom is -0.493 e. The molecule has 7 rings (SSSR count). The number of hydrogen-bond acceptors (Lipinski definition) is 6. The number of fused-ring (bicyclic) bond motifs is 2. The molecule has 0 N–H and O–H groups in total.